The summed E-state index contributed by atoms with van der Waals surface area (Å²) in [4.78, 5) is 10.6. The fourth-order valence-electron chi connectivity index (χ4n) is 1.18. The third kappa shape index (κ3) is 4.21. The standard InChI is InChI=1S/C9H20N2O/c1-5-6-7(9(2,3)4)11-8(10)12/h7H,5-6H2,1-4H3,(H3,10,11,12). The minimum atomic E-state index is -0.427. The number of hydrogen-bond acceptors (Lipinski definition) is 1. The van der Waals surface area contributed by atoms with Crippen molar-refractivity contribution in [2.24, 2.45) is 11.1 Å². The number of hydrogen-bond donors (Lipinski definition) is 2. The summed E-state index contributed by atoms with van der Waals surface area (Å²) >= 11 is 0. The molecule has 1 unspecified atom stereocenters. The Bertz CT molecular complexity index is 149. The predicted octanol–water partition coefficient (Wildman–Crippen LogP) is 1.87. The first-order valence-corrected chi connectivity index (χ1v) is 4.44. The zero-order valence-corrected chi connectivity index (χ0v) is 8.48. The second-order valence-corrected chi connectivity index (χ2v) is 4.22. The third-order valence-electron chi connectivity index (χ3n) is 1.94. The van der Waals surface area contributed by atoms with E-state index in [0.29, 0.717) is 0 Å². The Kier molecular flexibility index (Phi) is 4.07. The Morgan fingerprint density at radius 1 is 1.50 bits per heavy atom. The molecule has 0 heterocycles. The highest BCUT2D eigenvalue weighted by Gasteiger charge is 2.24. The van der Waals surface area contributed by atoms with Crippen molar-refractivity contribution in [3.05, 3.63) is 0 Å². The van der Waals surface area contributed by atoms with Crippen LogP contribution in [0.15, 0.2) is 0 Å². The highest BCUT2D eigenvalue weighted by Crippen LogP contribution is 2.22. The number of rotatable bonds is 3. The van der Waals surface area contributed by atoms with Crippen LogP contribution in [0.25, 0.3) is 0 Å². The molecule has 2 amide bonds. The summed E-state index contributed by atoms with van der Waals surface area (Å²) < 4.78 is 0. The van der Waals surface area contributed by atoms with Crippen molar-refractivity contribution in [1.29, 1.82) is 0 Å². The average Bonchev–Trinajstić information content (AvgIpc) is 1.83. The number of urea groups is 1. The van der Waals surface area contributed by atoms with Crippen LogP contribution in [0.2, 0.25) is 0 Å². The zero-order valence-electron chi connectivity index (χ0n) is 8.48. The van der Waals surface area contributed by atoms with Crippen LogP contribution in [-0.4, -0.2) is 12.1 Å². The molecule has 0 aromatic heterocycles. The van der Waals surface area contributed by atoms with E-state index in [2.05, 4.69) is 33.0 Å². The molecule has 0 saturated carbocycles. The molecule has 3 heteroatoms. The van der Waals surface area contributed by atoms with Crippen LogP contribution in [0, 0.1) is 5.41 Å². The molecule has 0 rings (SSSR count). The van der Waals surface area contributed by atoms with E-state index in [1.165, 1.54) is 0 Å². The fourth-order valence-corrected chi connectivity index (χ4v) is 1.18. The van der Waals surface area contributed by atoms with Crippen LogP contribution in [-0.2, 0) is 0 Å². The SMILES string of the molecule is CCCC(NC(N)=O)C(C)(C)C. The lowest BCUT2D eigenvalue weighted by Crippen LogP contribution is -2.45. The molecule has 0 aliphatic rings. The minimum Gasteiger partial charge on any atom is -0.352 e. The molecule has 3 N–H and O–H groups in total. The Labute approximate surface area is 74.7 Å². The van der Waals surface area contributed by atoms with Crippen molar-refractivity contribution in [3.63, 3.8) is 0 Å². The van der Waals surface area contributed by atoms with Crippen molar-refractivity contribution in [2.75, 3.05) is 0 Å². The largest absolute Gasteiger partial charge is 0.352 e. The van der Waals surface area contributed by atoms with Crippen molar-refractivity contribution in [2.45, 2.75) is 46.6 Å². The van der Waals surface area contributed by atoms with Crippen LogP contribution in [0.4, 0.5) is 4.79 Å². The zero-order chi connectivity index (χ0) is 9.78. The molecule has 72 valence electrons. The van der Waals surface area contributed by atoms with Crippen LogP contribution in [0.1, 0.15) is 40.5 Å². The molecular formula is C9H20N2O. The van der Waals surface area contributed by atoms with Crippen LogP contribution < -0.4 is 11.1 Å². The number of primary amides is 1. The first kappa shape index (κ1) is 11.3. The van der Waals surface area contributed by atoms with Gasteiger partial charge in [0, 0.05) is 6.04 Å². The minimum absolute atomic E-state index is 0.0883. The van der Waals surface area contributed by atoms with Gasteiger partial charge in [0.05, 0.1) is 0 Å². The molecular weight excluding hydrogens is 152 g/mol. The maximum absolute atomic E-state index is 10.6. The molecule has 0 aromatic rings. The van der Waals surface area contributed by atoms with E-state index in [9.17, 15) is 4.79 Å². The molecule has 3 nitrogen and oxygen atoms in total. The van der Waals surface area contributed by atoms with Gasteiger partial charge in [-0.1, -0.05) is 34.1 Å². The molecule has 0 radical (unpaired) electrons. The normalized spacial score (nSPS) is 14.0. The Balaban J connectivity index is 4.13. The summed E-state index contributed by atoms with van der Waals surface area (Å²) in [5.41, 5.74) is 5.16. The van der Waals surface area contributed by atoms with Crippen molar-refractivity contribution in [1.82, 2.24) is 5.32 Å². The van der Waals surface area contributed by atoms with Crippen LogP contribution in [0.3, 0.4) is 0 Å². The molecule has 0 aromatic carbocycles. The van der Waals surface area contributed by atoms with Crippen LogP contribution >= 0.6 is 0 Å². The number of carbonyl (C=O) groups is 1. The molecule has 0 bridgehead atoms. The fraction of sp³-hybridized carbons (Fsp3) is 0.889. The van der Waals surface area contributed by atoms with Gasteiger partial charge in [-0.3, -0.25) is 0 Å². The van der Waals surface area contributed by atoms with Crippen LogP contribution in [0.5, 0.6) is 0 Å². The Morgan fingerprint density at radius 3 is 2.25 bits per heavy atom. The van der Waals surface area contributed by atoms with E-state index in [1.54, 1.807) is 0 Å². The van der Waals surface area contributed by atoms with E-state index in [1.807, 2.05) is 0 Å². The number of amides is 2. The van der Waals surface area contributed by atoms with E-state index in [4.69, 9.17) is 5.73 Å². The lowest BCUT2D eigenvalue weighted by atomic mass is 9.84. The molecule has 1 atom stereocenters. The predicted molar refractivity (Wildman–Crippen MR) is 50.9 cm³/mol. The van der Waals surface area contributed by atoms with Crippen molar-refractivity contribution < 1.29 is 4.79 Å². The summed E-state index contributed by atoms with van der Waals surface area (Å²) in [5.74, 6) is 0. The summed E-state index contributed by atoms with van der Waals surface area (Å²) in [7, 11) is 0. The van der Waals surface area contributed by atoms with Crippen molar-refractivity contribution >= 4 is 6.03 Å². The number of carbonyl (C=O) groups excluding carboxylic acids is 1. The molecule has 0 aliphatic heterocycles. The molecule has 0 spiro atoms. The first-order valence-electron chi connectivity index (χ1n) is 4.44. The third-order valence-corrected chi connectivity index (χ3v) is 1.94. The lowest BCUT2D eigenvalue weighted by molar-refractivity contribution is 0.220. The van der Waals surface area contributed by atoms with E-state index >= 15 is 0 Å². The Morgan fingerprint density at radius 2 is 2.00 bits per heavy atom. The second kappa shape index (κ2) is 4.33. The highest BCUT2D eigenvalue weighted by molar-refractivity contribution is 5.72. The highest BCUT2D eigenvalue weighted by atomic mass is 16.2. The smallest absolute Gasteiger partial charge is 0.312 e. The van der Waals surface area contributed by atoms with Gasteiger partial charge in [0.15, 0.2) is 0 Å². The van der Waals surface area contributed by atoms with Gasteiger partial charge in [-0.05, 0) is 11.8 Å². The van der Waals surface area contributed by atoms with Crippen molar-refractivity contribution in [3.8, 4) is 0 Å². The summed E-state index contributed by atoms with van der Waals surface area (Å²) in [6, 6.07) is -0.247. The van der Waals surface area contributed by atoms with Gasteiger partial charge in [0.2, 0.25) is 0 Å². The number of nitrogens with one attached hydrogen (secondary N) is 1. The molecule has 0 aliphatic carbocycles. The topological polar surface area (TPSA) is 55.1 Å². The van der Waals surface area contributed by atoms with Gasteiger partial charge in [-0.2, -0.15) is 0 Å². The summed E-state index contributed by atoms with van der Waals surface area (Å²) in [6.07, 6.45) is 2.04. The number of nitrogens with two attached hydrogens (primary N) is 1. The van der Waals surface area contributed by atoms with Gasteiger partial charge in [0.25, 0.3) is 0 Å². The lowest BCUT2D eigenvalue weighted by Gasteiger charge is -2.30. The van der Waals surface area contributed by atoms with Gasteiger partial charge < -0.3 is 11.1 Å². The summed E-state index contributed by atoms with van der Waals surface area (Å²) in [6.45, 7) is 8.40. The second-order valence-electron chi connectivity index (χ2n) is 4.22. The van der Waals surface area contributed by atoms with E-state index in [-0.39, 0.29) is 11.5 Å². The van der Waals surface area contributed by atoms with Gasteiger partial charge >= 0.3 is 6.03 Å². The Hall–Kier alpha value is -0.730. The molecule has 0 saturated heterocycles. The van der Waals surface area contributed by atoms with Gasteiger partial charge in [-0.25, -0.2) is 4.79 Å². The molecule has 12 heavy (non-hydrogen) atoms. The van der Waals surface area contributed by atoms with Gasteiger partial charge in [-0.15, -0.1) is 0 Å². The monoisotopic (exact) mass is 172 g/mol. The summed E-state index contributed by atoms with van der Waals surface area (Å²) in [5, 5.41) is 2.76. The van der Waals surface area contributed by atoms with Gasteiger partial charge in [0.1, 0.15) is 0 Å². The van der Waals surface area contributed by atoms with E-state index < -0.39 is 6.03 Å². The maximum Gasteiger partial charge on any atom is 0.312 e. The maximum atomic E-state index is 10.6. The van der Waals surface area contributed by atoms with E-state index in [0.717, 1.165) is 12.8 Å². The molecule has 0 fully saturated rings. The average molecular weight is 172 g/mol. The quantitative estimate of drug-likeness (QED) is 0.671. The first-order chi connectivity index (χ1) is 5.38.